The minimum absolute atomic E-state index is 0.0355. The van der Waals surface area contributed by atoms with Gasteiger partial charge in [-0.15, -0.1) is 0 Å². The van der Waals surface area contributed by atoms with E-state index in [0.29, 0.717) is 5.70 Å². The van der Waals surface area contributed by atoms with Gasteiger partial charge in [0.2, 0.25) is 11.8 Å². The Labute approximate surface area is 164 Å². The Morgan fingerprint density at radius 3 is 2.25 bits per heavy atom. The number of hydrogen-bond acceptors (Lipinski definition) is 3. The van der Waals surface area contributed by atoms with Crippen LogP contribution in [0, 0.1) is 0 Å². The topological polar surface area (TPSA) is 70.2 Å². The van der Waals surface area contributed by atoms with Crippen molar-refractivity contribution in [3.8, 4) is 0 Å². The molecular weight excluding hydrogens is 395 g/mol. The summed E-state index contributed by atoms with van der Waals surface area (Å²) in [5, 5.41) is 2.24. The van der Waals surface area contributed by atoms with Gasteiger partial charge in [-0.05, 0) is 23.8 Å². The summed E-state index contributed by atoms with van der Waals surface area (Å²) < 4.78 is 38.2. The van der Waals surface area contributed by atoms with Gasteiger partial charge < -0.3 is 5.32 Å². The lowest BCUT2D eigenvalue weighted by Crippen LogP contribution is -2.36. The Balaban J connectivity index is 1.82. The first-order valence-corrected chi connectivity index (χ1v) is 8.50. The highest BCUT2D eigenvalue weighted by molar-refractivity contribution is 6.33. The first kappa shape index (κ1) is 21.3. The monoisotopic (exact) mass is 411 g/mol. The van der Waals surface area contributed by atoms with Gasteiger partial charge in [-0.3, -0.25) is 20.4 Å². The number of halogens is 4. The minimum atomic E-state index is -4.56. The third-order valence-corrected chi connectivity index (χ3v) is 3.95. The van der Waals surface area contributed by atoms with E-state index >= 15 is 0 Å². The molecule has 0 saturated carbocycles. The Hall–Kier alpha value is -3.00. The van der Waals surface area contributed by atoms with Gasteiger partial charge in [0, 0.05) is 12.8 Å². The quantitative estimate of drug-likeness (QED) is 0.592. The molecular formula is C19H17ClF3N3O2. The van der Waals surface area contributed by atoms with Crippen molar-refractivity contribution in [2.75, 3.05) is 5.32 Å². The lowest BCUT2D eigenvalue weighted by molar-refractivity contribution is -0.137. The fourth-order valence-corrected chi connectivity index (χ4v) is 2.32. The molecule has 2 amide bonds. The molecule has 0 unspecified atom stereocenters. The molecule has 5 nitrogen and oxygen atoms in total. The van der Waals surface area contributed by atoms with Crippen LogP contribution in [0.15, 0.2) is 55.1 Å². The van der Waals surface area contributed by atoms with Crippen molar-refractivity contribution < 1.29 is 22.8 Å². The van der Waals surface area contributed by atoms with Gasteiger partial charge in [-0.25, -0.2) is 0 Å². The fourth-order valence-electron chi connectivity index (χ4n) is 2.16. The summed E-state index contributed by atoms with van der Waals surface area (Å²) in [7, 11) is 0. The smallest absolute Gasteiger partial charge is 0.325 e. The molecule has 9 heteroatoms. The SMILES string of the molecule is C=C(NNC(=O)CCC(=O)Nc1cc(C(F)(F)F)ccc1Cl)c1ccccc1. The highest BCUT2D eigenvalue weighted by Crippen LogP contribution is 2.33. The Morgan fingerprint density at radius 2 is 1.61 bits per heavy atom. The van der Waals surface area contributed by atoms with E-state index in [1.54, 1.807) is 12.1 Å². The summed E-state index contributed by atoms with van der Waals surface area (Å²) in [5.74, 6) is -1.12. The van der Waals surface area contributed by atoms with Crippen molar-refractivity contribution in [3.05, 3.63) is 71.3 Å². The summed E-state index contributed by atoms with van der Waals surface area (Å²) in [5.41, 5.74) is 5.17. The molecule has 0 fully saturated rings. The van der Waals surface area contributed by atoms with Crippen molar-refractivity contribution in [2.24, 2.45) is 0 Å². The van der Waals surface area contributed by atoms with Crippen LogP contribution in [-0.4, -0.2) is 11.8 Å². The summed E-state index contributed by atoms with van der Waals surface area (Å²) in [6.45, 7) is 3.77. The molecule has 2 rings (SSSR count). The lowest BCUT2D eigenvalue weighted by Gasteiger charge is -2.12. The molecule has 0 aliphatic carbocycles. The van der Waals surface area contributed by atoms with Crippen LogP contribution in [-0.2, 0) is 15.8 Å². The number of alkyl halides is 3. The van der Waals surface area contributed by atoms with Gasteiger partial charge in [0.25, 0.3) is 0 Å². The van der Waals surface area contributed by atoms with Gasteiger partial charge in [0.1, 0.15) is 0 Å². The van der Waals surface area contributed by atoms with Gasteiger partial charge in [0.15, 0.2) is 0 Å². The zero-order chi connectivity index (χ0) is 20.7. The molecule has 28 heavy (non-hydrogen) atoms. The number of hydrazine groups is 1. The maximum atomic E-state index is 12.7. The predicted molar refractivity (Wildman–Crippen MR) is 101 cm³/mol. The number of nitrogens with one attached hydrogen (secondary N) is 3. The Bertz CT molecular complexity index is 870. The van der Waals surface area contributed by atoms with Crippen molar-refractivity contribution >= 4 is 34.8 Å². The number of carbonyl (C=O) groups is 2. The predicted octanol–water partition coefficient (Wildman–Crippen LogP) is 4.37. The lowest BCUT2D eigenvalue weighted by atomic mass is 10.2. The van der Waals surface area contributed by atoms with Crippen LogP contribution in [0.2, 0.25) is 5.02 Å². The molecule has 3 N–H and O–H groups in total. The maximum absolute atomic E-state index is 12.7. The summed E-state index contributed by atoms with van der Waals surface area (Å²) in [6.07, 6.45) is -4.98. The van der Waals surface area contributed by atoms with Crippen molar-refractivity contribution in [2.45, 2.75) is 19.0 Å². The molecule has 0 aliphatic rings. The van der Waals surface area contributed by atoms with Crippen LogP contribution in [0.3, 0.4) is 0 Å². The van der Waals surface area contributed by atoms with E-state index in [4.69, 9.17) is 11.6 Å². The van der Waals surface area contributed by atoms with E-state index in [9.17, 15) is 22.8 Å². The van der Waals surface area contributed by atoms with Gasteiger partial charge in [-0.2, -0.15) is 13.2 Å². The fraction of sp³-hybridized carbons (Fsp3) is 0.158. The molecule has 0 bridgehead atoms. The zero-order valence-electron chi connectivity index (χ0n) is 14.6. The molecule has 0 heterocycles. The van der Waals surface area contributed by atoms with Crippen LogP contribution in [0.4, 0.5) is 18.9 Å². The van der Waals surface area contributed by atoms with E-state index in [2.05, 4.69) is 22.7 Å². The van der Waals surface area contributed by atoms with Gasteiger partial charge in [-0.1, -0.05) is 48.5 Å². The van der Waals surface area contributed by atoms with Crippen LogP contribution in [0.25, 0.3) is 5.70 Å². The van der Waals surface area contributed by atoms with Crippen LogP contribution >= 0.6 is 11.6 Å². The van der Waals surface area contributed by atoms with Crippen LogP contribution in [0.1, 0.15) is 24.0 Å². The van der Waals surface area contributed by atoms with Crippen molar-refractivity contribution in [3.63, 3.8) is 0 Å². The molecule has 0 radical (unpaired) electrons. The van der Waals surface area contributed by atoms with Crippen molar-refractivity contribution in [1.29, 1.82) is 0 Å². The molecule has 0 aromatic heterocycles. The number of carbonyl (C=O) groups excluding carboxylic acids is 2. The zero-order valence-corrected chi connectivity index (χ0v) is 15.3. The van der Waals surface area contributed by atoms with E-state index in [0.717, 1.165) is 23.8 Å². The third kappa shape index (κ3) is 6.31. The van der Waals surface area contributed by atoms with Crippen LogP contribution < -0.4 is 16.2 Å². The number of anilines is 1. The first-order chi connectivity index (χ1) is 13.2. The molecule has 0 atom stereocenters. The minimum Gasteiger partial charge on any atom is -0.325 e. The summed E-state index contributed by atoms with van der Waals surface area (Å²) in [4.78, 5) is 23.7. The second-order valence-electron chi connectivity index (χ2n) is 5.76. The van der Waals surface area contributed by atoms with E-state index in [1.807, 2.05) is 18.2 Å². The van der Waals surface area contributed by atoms with Gasteiger partial charge >= 0.3 is 6.18 Å². The van der Waals surface area contributed by atoms with E-state index in [-0.39, 0.29) is 23.6 Å². The van der Waals surface area contributed by atoms with Gasteiger partial charge in [0.05, 0.1) is 22.0 Å². The third-order valence-electron chi connectivity index (χ3n) is 3.62. The Morgan fingerprint density at radius 1 is 0.964 bits per heavy atom. The molecule has 2 aromatic carbocycles. The van der Waals surface area contributed by atoms with E-state index < -0.39 is 23.6 Å². The first-order valence-electron chi connectivity index (χ1n) is 8.12. The second-order valence-corrected chi connectivity index (χ2v) is 6.17. The number of rotatable bonds is 7. The average Bonchev–Trinajstić information content (AvgIpc) is 2.66. The standard InChI is InChI=1S/C19H17ClF3N3O2/c1-12(13-5-3-2-4-6-13)25-26-18(28)10-9-17(27)24-16-11-14(19(21,22)23)7-8-15(16)20/h2-8,11,25H,1,9-10H2,(H,24,27)(H,26,28). The largest absolute Gasteiger partial charge is 0.416 e. The number of hydrogen-bond donors (Lipinski definition) is 3. The van der Waals surface area contributed by atoms with E-state index in [1.165, 1.54) is 0 Å². The normalized spacial score (nSPS) is 10.9. The highest BCUT2D eigenvalue weighted by Gasteiger charge is 2.31. The molecule has 0 saturated heterocycles. The number of benzene rings is 2. The highest BCUT2D eigenvalue weighted by atomic mass is 35.5. The summed E-state index contributed by atoms with van der Waals surface area (Å²) >= 11 is 5.81. The molecule has 148 valence electrons. The molecule has 2 aromatic rings. The summed E-state index contributed by atoms with van der Waals surface area (Å²) in [6, 6.07) is 11.7. The molecule has 0 spiro atoms. The maximum Gasteiger partial charge on any atom is 0.416 e. The number of amides is 2. The Kier molecular flexibility index (Phi) is 7.06. The second kappa shape index (κ2) is 9.27. The average molecular weight is 412 g/mol. The van der Waals surface area contributed by atoms with Crippen LogP contribution in [0.5, 0.6) is 0 Å². The molecule has 0 aliphatic heterocycles. The van der Waals surface area contributed by atoms with Crippen molar-refractivity contribution in [1.82, 2.24) is 10.9 Å².